The lowest BCUT2D eigenvalue weighted by atomic mass is 10.2. The SMILES string of the molecule is CSc1c(C#N)c(N)nc(SCc2ccc(=O)[nH]c2)c1C#N. The number of pyridine rings is 2. The van der Waals surface area contributed by atoms with Gasteiger partial charge < -0.3 is 10.7 Å². The molecule has 0 aliphatic heterocycles. The summed E-state index contributed by atoms with van der Waals surface area (Å²) in [6.45, 7) is 0. The second-order valence-electron chi connectivity index (χ2n) is 4.16. The van der Waals surface area contributed by atoms with Gasteiger partial charge in [-0.3, -0.25) is 4.79 Å². The van der Waals surface area contributed by atoms with Gasteiger partial charge in [0.15, 0.2) is 0 Å². The highest BCUT2D eigenvalue weighted by atomic mass is 32.2. The third-order valence-electron chi connectivity index (χ3n) is 2.80. The molecule has 0 amide bonds. The van der Waals surface area contributed by atoms with E-state index in [4.69, 9.17) is 11.0 Å². The number of nitrogens with zero attached hydrogens (tertiary/aromatic N) is 3. The number of hydrogen-bond donors (Lipinski definition) is 2. The topological polar surface area (TPSA) is 119 Å². The summed E-state index contributed by atoms with van der Waals surface area (Å²) in [7, 11) is 0. The lowest BCUT2D eigenvalue weighted by Gasteiger charge is -2.10. The minimum Gasteiger partial charge on any atom is -0.383 e. The monoisotopic (exact) mass is 329 g/mol. The van der Waals surface area contributed by atoms with Crippen LogP contribution in [0.2, 0.25) is 0 Å². The number of rotatable bonds is 4. The Hall–Kier alpha value is -2.42. The molecule has 22 heavy (non-hydrogen) atoms. The zero-order chi connectivity index (χ0) is 16.1. The van der Waals surface area contributed by atoms with E-state index >= 15 is 0 Å². The van der Waals surface area contributed by atoms with Crippen LogP contribution in [0.3, 0.4) is 0 Å². The van der Waals surface area contributed by atoms with Crippen molar-refractivity contribution in [3.8, 4) is 12.1 Å². The number of aromatic nitrogens is 2. The Bertz CT molecular complexity index is 828. The molecule has 0 aliphatic carbocycles. The summed E-state index contributed by atoms with van der Waals surface area (Å²) in [5.74, 6) is 0.646. The average Bonchev–Trinajstić information content (AvgIpc) is 2.53. The van der Waals surface area contributed by atoms with E-state index < -0.39 is 0 Å². The van der Waals surface area contributed by atoms with Crippen LogP contribution in [0.15, 0.2) is 33.0 Å². The molecule has 3 N–H and O–H groups in total. The summed E-state index contributed by atoms with van der Waals surface area (Å²) >= 11 is 2.63. The van der Waals surface area contributed by atoms with Crippen LogP contribution < -0.4 is 11.3 Å². The van der Waals surface area contributed by atoms with E-state index in [9.17, 15) is 10.1 Å². The number of nitrogen functional groups attached to an aromatic ring is 1. The van der Waals surface area contributed by atoms with Crippen molar-refractivity contribution in [1.29, 1.82) is 10.5 Å². The molecule has 0 spiro atoms. The van der Waals surface area contributed by atoms with Crippen molar-refractivity contribution in [3.05, 3.63) is 45.4 Å². The Labute approximate surface area is 135 Å². The van der Waals surface area contributed by atoms with Crippen molar-refractivity contribution in [3.63, 3.8) is 0 Å². The minimum atomic E-state index is -0.170. The van der Waals surface area contributed by atoms with E-state index in [0.29, 0.717) is 21.2 Å². The molecule has 0 saturated carbocycles. The molecule has 2 aromatic rings. The molecule has 8 heteroatoms. The van der Waals surface area contributed by atoms with Gasteiger partial charge in [0.05, 0.1) is 5.56 Å². The van der Waals surface area contributed by atoms with Gasteiger partial charge in [-0.15, -0.1) is 23.5 Å². The normalized spacial score (nSPS) is 9.95. The van der Waals surface area contributed by atoms with E-state index in [2.05, 4.69) is 16.0 Å². The van der Waals surface area contributed by atoms with Crippen molar-refractivity contribution in [2.24, 2.45) is 0 Å². The van der Waals surface area contributed by atoms with E-state index in [1.807, 2.05) is 6.07 Å². The predicted molar refractivity (Wildman–Crippen MR) is 86.5 cm³/mol. The van der Waals surface area contributed by atoms with E-state index in [-0.39, 0.29) is 16.9 Å². The molecular formula is C14H11N5OS2. The first-order valence-corrected chi connectivity index (χ1v) is 8.29. The van der Waals surface area contributed by atoms with Crippen molar-refractivity contribution in [2.45, 2.75) is 15.7 Å². The van der Waals surface area contributed by atoms with Gasteiger partial charge >= 0.3 is 0 Å². The van der Waals surface area contributed by atoms with Gasteiger partial charge in [0.1, 0.15) is 28.5 Å². The number of H-pyrrole nitrogens is 1. The first-order chi connectivity index (χ1) is 10.6. The molecule has 0 unspecified atom stereocenters. The fourth-order valence-electron chi connectivity index (χ4n) is 1.76. The summed E-state index contributed by atoms with van der Waals surface area (Å²) in [6.07, 6.45) is 3.40. The zero-order valence-electron chi connectivity index (χ0n) is 11.6. The molecule has 0 saturated heterocycles. The Morgan fingerprint density at radius 3 is 2.59 bits per heavy atom. The maximum atomic E-state index is 11.0. The molecule has 2 aromatic heterocycles. The number of anilines is 1. The summed E-state index contributed by atoms with van der Waals surface area (Å²) in [6, 6.07) is 7.23. The second kappa shape index (κ2) is 7.03. The van der Waals surface area contributed by atoms with Crippen LogP contribution >= 0.6 is 23.5 Å². The third kappa shape index (κ3) is 3.25. The minimum absolute atomic E-state index is 0.120. The van der Waals surface area contributed by atoms with Crippen LogP contribution in [0.4, 0.5) is 5.82 Å². The average molecular weight is 329 g/mol. The molecule has 2 heterocycles. The highest BCUT2D eigenvalue weighted by Crippen LogP contribution is 2.34. The van der Waals surface area contributed by atoms with Gasteiger partial charge in [-0.2, -0.15) is 10.5 Å². The van der Waals surface area contributed by atoms with Gasteiger partial charge in [-0.25, -0.2) is 4.98 Å². The number of nitrogens with one attached hydrogen (secondary N) is 1. The van der Waals surface area contributed by atoms with Crippen LogP contribution in [-0.2, 0) is 5.75 Å². The number of thioether (sulfide) groups is 2. The number of nitrogens with two attached hydrogens (primary N) is 1. The van der Waals surface area contributed by atoms with Crippen molar-refractivity contribution < 1.29 is 0 Å². The smallest absolute Gasteiger partial charge is 0.247 e. The molecule has 0 radical (unpaired) electrons. The quantitative estimate of drug-likeness (QED) is 0.824. The van der Waals surface area contributed by atoms with Crippen LogP contribution in [0, 0.1) is 22.7 Å². The molecule has 0 fully saturated rings. The van der Waals surface area contributed by atoms with Gasteiger partial charge in [0.25, 0.3) is 0 Å². The Morgan fingerprint density at radius 1 is 1.32 bits per heavy atom. The number of nitriles is 2. The lowest BCUT2D eigenvalue weighted by molar-refractivity contribution is 1.06. The molecule has 0 atom stereocenters. The number of aromatic amines is 1. The summed E-state index contributed by atoms with van der Waals surface area (Å²) in [5, 5.41) is 19.0. The summed E-state index contributed by atoms with van der Waals surface area (Å²) < 4.78 is 0. The Kier molecular flexibility index (Phi) is 5.10. The molecule has 2 rings (SSSR count). The molecule has 110 valence electrons. The van der Waals surface area contributed by atoms with Gasteiger partial charge in [-0.1, -0.05) is 6.07 Å². The highest BCUT2D eigenvalue weighted by molar-refractivity contribution is 7.99. The first kappa shape index (κ1) is 16.0. The van der Waals surface area contributed by atoms with E-state index in [1.54, 1.807) is 18.5 Å². The Morgan fingerprint density at radius 2 is 2.05 bits per heavy atom. The number of hydrogen-bond acceptors (Lipinski definition) is 7. The summed E-state index contributed by atoms with van der Waals surface area (Å²) in [4.78, 5) is 18.3. The van der Waals surface area contributed by atoms with Gasteiger partial charge in [0.2, 0.25) is 5.56 Å². The first-order valence-electron chi connectivity index (χ1n) is 6.08. The predicted octanol–water partition coefficient (Wildman–Crippen LogP) is 2.11. The van der Waals surface area contributed by atoms with Crippen LogP contribution in [0.25, 0.3) is 0 Å². The van der Waals surface area contributed by atoms with Gasteiger partial charge in [-0.05, 0) is 11.8 Å². The van der Waals surface area contributed by atoms with Crippen LogP contribution in [0.1, 0.15) is 16.7 Å². The maximum absolute atomic E-state index is 11.0. The van der Waals surface area contributed by atoms with E-state index in [0.717, 1.165) is 5.56 Å². The highest BCUT2D eigenvalue weighted by Gasteiger charge is 2.18. The third-order valence-corrected chi connectivity index (χ3v) is 4.66. The molecule has 6 nitrogen and oxygen atoms in total. The second-order valence-corrected chi connectivity index (χ2v) is 5.94. The maximum Gasteiger partial charge on any atom is 0.247 e. The van der Waals surface area contributed by atoms with Crippen molar-refractivity contribution in [1.82, 2.24) is 9.97 Å². The zero-order valence-corrected chi connectivity index (χ0v) is 13.2. The largest absolute Gasteiger partial charge is 0.383 e. The fraction of sp³-hybridized carbons (Fsp3) is 0.143. The van der Waals surface area contributed by atoms with Crippen LogP contribution in [0.5, 0.6) is 0 Å². The molecule has 0 aliphatic rings. The van der Waals surface area contributed by atoms with Crippen molar-refractivity contribution in [2.75, 3.05) is 12.0 Å². The Balaban J connectivity index is 2.37. The lowest BCUT2D eigenvalue weighted by Crippen LogP contribution is -2.04. The molecular weight excluding hydrogens is 318 g/mol. The standard InChI is InChI=1S/C14H11N5OS2/c1-21-12-9(4-15)13(17)19-14(10(12)5-16)22-7-8-2-3-11(20)18-6-8/h2-3,6H,7H2,1H3,(H2,17,19)(H,18,20). The van der Waals surface area contributed by atoms with Crippen LogP contribution in [-0.4, -0.2) is 16.2 Å². The fourth-order valence-corrected chi connectivity index (χ4v) is 3.46. The summed E-state index contributed by atoms with van der Waals surface area (Å²) in [5.41, 5.74) is 7.11. The van der Waals surface area contributed by atoms with Gasteiger partial charge in [0, 0.05) is 22.9 Å². The van der Waals surface area contributed by atoms with Crippen molar-refractivity contribution >= 4 is 29.3 Å². The molecule has 0 aromatic carbocycles. The molecule has 0 bridgehead atoms. The van der Waals surface area contributed by atoms with E-state index in [1.165, 1.54) is 29.6 Å².